The van der Waals surface area contributed by atoms with Gasteiger partial charge in [-0.25, -0.2) is 0 Å². The number of carboxylic acids is 1. The van der Waals surface area contributed by atoms with E-state index in [0.29, 0.717) is 0 Å². The van der Waals surface area contributed by atoms with Crippen LogP contribution in [0.2, 0.25) is 0 Å². The molecule has 1 aromatic rings. The van der Waals surface area contributed by atoms with Crippen molar-refractivity contribution in [3.8, 4) is 0 Å². The summed E-state index contributed by atoms with van der Waals surface area (Å²) in [4.78, 5) is 13.0. The van der Waals surface area contributed by atoms with Crippen LogP contribution in [0.5, 0.6) is 0 Å². The normalized spacial score (nSPS) is 10.7. The molecule has 5 heteroatoms. The van der Waals surface area contributed by atoms with Crippen molar-refractivity contribution in [2.24, 2.45) is 0 Å². The highest BCUT2D eigenvalue weighted by atomic mass is 19.1. The van der Waals surface area contributed by atoms with Gasteiger partial charge in [-0.1, -0.05) is 12.2 Å². The Morgan fingerprint density at radius 2 is 2.00 bits per heavy atom. The summed E-state index contributed by atoms with van der Waals surface area (Å²) < 4.78 is 25.0. The molecule has 0 bridgehead atoms. The van der Waals surface area contributed by atoms with Crippen molar-refractivity contribution in [1.82, 2.24) is 4.98 Å². The Morgan fingerprint density at radius 1 is 1.43 bits per heavy atom. The van der Waals surface area contributed by atoms with Gasteiger partial charge in [-0.3, -0.25) is 4.79 Å². The van der Waals surface area contributed by atoms with Crippen molar-refractivity contribution in [2.75, 3.05) is 0 Å². The van der Waals surface area contributed by atoms with Gasteiger partial charge in [0.2, 0.25) is 11.9 Å². The third-order valence-electron chi connectivity index (χ3n) is 1.39. The number of halogens is 2. The van der Waals surface area contributed by atoms with Crippen molar-refractivity contribution in [1.29, 1.82) is 0 Å². The molecule has 0 aliphatic carbocycles. The second-order valence-electron chi connectivity index (χ2n) is 2.55. The van der Waals surface area contributed by atoms with Crippen LogP contribution in [0, 0.1) is 11.9 Å². The smallest absolute Gasteiger partial charge is 0.307 e. The molecule has 1 heterocycles. The van der Waals surface area contributed by atoms with E-state index < -0.39 is 17.9 Å². The summed E-state index contributed by atoms with van der Waals surface area (Å²) in [5, 5.41) is 8.29. The topological polar surface area (TPSA) is 50.2 Å². The van der Waals surface area contributed by atoms with Gasteiger partial charge in [-0.2, -0.15) is 13.8 Å². The maximum Gasteiger partial charge on any atom is 0.307 e. The minimum Gasteiger partial charge on any atom is -0.481 e. The molecule has 0 atom stereocenters. The molecule has 0 aliphatic heterocycles. The van der Waals surface area contributed by atoms with Crippen LogP contribution in [-0.4, -0.2) is 16.1 Å². The van der Waals surface area contributed by atoms with Crippen molar-refractivity contribution >= 4 is 12.0 Å². The molecule has 74 valence electrons. The number of carbonyl (C=O) groups is 1. The first kappa shape index (κ1) is 10.3. The second-order valence-corrected chi connectivity index (χ2v) is 2.55. The highest BCUT2D eigenvalue weighted by molar-refractivity contribution is 5.70. The lowest BCUT2D eigenvalue weighted by atomic mass is 10.2. The van der Waals surface area contributed by atoms with Crippen molar-refractivity contribution in [3.05, 3.63) is 35.7 Å². The van der Waals surface area contributed by atoms with Crippen LogP contribution < -0.4 is 0 Å². The quantitative estimate of drug-likeness (QED) is 0.755. The van der Waals surface area contributed by atoms with E-state index in [1.807, 2.05) is 0 Å². The van der Waals surface area contributed by atoms with Crippen LogP contribution in [0.1, 0.15) is 12.0 Å². The van der Waals surface area contributed by atoms with E-state index in [-0.39, 0.29) is 12.0 Å². The van der Waals surface area contributed by atoms with Crippen LogP contribution in [0.3, 0.4) is 0 Å². The second kappa shape index (κ2) is 4.45. The van der Waals surface area contributed by atoms with Gasteiger partial charge in [0.05, 0.1) is 6.42 Å². The lowest BCUT2D eigenvalue weighted by molar-refractivity contribution is -0.135. The Bertz CT molecular complexity index is 357. The van der Waals surface area contributed by atoms with E-state index in [2.05, 4.69) is 4.98 Å². The number of nitrogens with zero attached hydrogens (tertiary/aromatic N) is 1. The molecule has 1 N–H and O–H groups in total. The van der Waals surface area contributed by atoms with Gasteiger partial charge in [-0.05, 0) is 5.56 Å². The molecule has 0 saturated carbocycles. The predicted molar refractivity (Wildman–Crippen MR) is 45.4 cm³/mol. The van der Waals surface area contributed by atoms with Crippen molar-refractivity contribution in [2.45, 2.75) is 6.42 Å². The zero-order valence-corrected chi connectivity index (χ0v) is 7.08. The van der Waals surface area contributed by atoms with Gasteiger partial charge in [-0.15, -0.1) is 0 Å². The molecule has 3 nitrogen and oxygen atoms in total. The molecule has 0 amide bonds. The summed E-state index contributed by atoms with van der Waals surface area (Å²) in [5.41, 5.74) is 0.247. The van der Waals surface area contributed by atoms with E-state index in [4.69, 9.17) is 5.11 Å². The van der Waals surface area contributed by atoms with Gasteiger partial charge < -0.3 is 5.11 Å². The first-order valence-corrected chi connectivity index (χ1v) is 3.79. The largest absolute Gasteiger partial charge is 0.481 e. The molecule has 0 fully saturated rings. The third-order valence-corrected chi connectivity index (χ3v) is 1.39. The maximum atomic E-state index is 12.5. The molecule has 0 saturated heterocycles. The number of carboxylic acid groups (broad SMARTS) is 1. The molecule has 1 aromatic heterocycles. The number of hydrogen-bond acceptors (Lipinski definition) is 2. The van der Waals surface area contributed by atoms with E-state index in [1.165, 1.54) is 12.2 Å². The van der Waals surface area contributed by atoms with Gasteiger partial charge in [0.1, 0.15) is 0 Å². The van der Waals surface area contributed by atoms with Crippen molar-refractivity contribution in [3.63, 3.8) is 0 Å². The SMILES string of the molecule is O=C(O)CC=Cc1cc(F)nc(F)c1. The monoisotopic (exact) mass is 199 g/mol. The van der Waals surface area contributed by atoms with Crippen LogP contribution in [-0.2, 0) is 4.79 Å². The van der Waals surface area contributed by atoms with Gasteiger partial charge in [0.25, 0.3) is 0 Å². The molecular formula is C9H7F2NO2. The Labute approximate surface area is 78.7 Å². The molecule has 0 unspecified atom stereocenters. The Balaban J connectivity index is 2.76. The first-order valence-electron chi connectivity index (χ1n) is 3.79. The van der Waals surface area contributed by atoms with Crippen LogP contribution in [0.25, 0.3) is 6.08 Å². The minimum atomic E-state index is -1.00. The summed E-state index contributed by atoms with van der Waals surface area (Å²) in [6.07, 6.45) is 2.43. The standard InChI is InChI=1S/C9H7F2NO2/c10-7-4-6(5-8(11)12-7)2-1-3-9(13)14/h1-2,4-5H,3H2,(H,13,14). The van der Waals surface area contributed by atoms with E-state index in [1.54, 1.807) is 0 Å². The number of aliphatic carboxylic acids is 1. The summed E-state index contributed by atoms with van der Waals surface area (Å²) in [7, 11) is 0. The average Bonchev–Trinajstić information content (AvgIpc) is 2.01. The predicted octanol–water partition coefficient (Wildman–Crippen LogP) is 1.85. The zero-order chi connectivity index (χ0) is 10.6. The Kier molecular flexibility index (Phi) is 3.28. The summed E-state index contributed by atoms with van der Waals surface area (Å²) in [5.74, 6) is -2.86. The third kappa shape index (κ3) is 3.30. The van der Waals surface area contributed by atoms with Crippen LogP contribution in [0.4, 0.5) is 8.78 Å². The minimum absolute atomic E-state index is 0.189. The summed E-state index contributed by atoms with van der Waals surface area (Å²) >= 11 is 0. The van der Waals surface area contributed by atoms with Gasteiger partial charge in [0.15, 0.2) is 0 Å². The number of hydrogen-bond donors (Lipinski definition) is 1. The number of pyridine rings is 1. The van der Waals surface area contributed by atoms with E-state index >= 15 is 0 Å². The molecule has 0 aliphatic rings. The fraction of sp³-hybridized carbons (Fsp3) is 0.111. The van der Waals surface area contributed by atoms with E-state index in [0.717, 1.165) is 12.1 Å². The fourth-order valence-corrected chi connectivity index (χ4v) is 0.875. The fourth-order valence-electron chi connectivity index (χ4n) is 0.875. The molecule has 0 radical (unpaired) electrons. The molecule has 0 aromatic carbocycles. The molecule has 1 rings (SSSR count). The highest BCUT2D eigenvalue weighted by Gasteiger charge is 1.98. The highest BCUT2D eigenvalue weighted by Crippen LogP contribution is 2.06. The van der Waals surface area contributed by atoms with Crippen LogP contribution >= 0.6 is 0 Å². The molecule has 14 heavy (non-hydrogen) atoms. The van der Waals surface area contributed by atoms with Gasteiger partial charge in [0, 0.05) is 12.1 Å². The Hall–Kier alpha value is -1.78. The lowest BCUT2D eigenvalue weighted by Gasteiger charge is -1.93. The maximum absolute atomic E-state index is 12.5. The average molecular weight is 199 g/mol. The van der Waals surface area contributed by atoms with E-state index in [9.17, 15) is 13.6 Å². The number of aromatic nitrogens is 1. The molecular weight excluding hydrogens is 192 g/mol. The number of rotatable bonds is 3. The Morgan fingerprint density at radius 3 is 2.50 bits per heavy atom. The first-order chi connectivity index (χ1) is 6.58. The molecule has 0 spiro atoms. The lowest BCUT2D eigenvalue weighted by Crippen LogP contribution is -1.91. The van der Waals surface area contributed by atoms with Crippen LogP contribution in [0.15, 0.2) is 18.2 Å². The summed E-state index contributed by atoms with van der Waals surface area (Å²) in [6.45, 7) is 0. The van der Waals surface area contributed by atoms with Gasteiger partial charge >= 0.3 is 5.97 Å². The van der Waals surface area contributed by atoms with Crippen molar-refractivity contribution < 1.29 is 18.7 Å². The zero-order valence-electron chi connectivity index (χ0n) is 7.08. The summed E-state index contributed by atoms with van der Waals surface area (Å²) in [6, 6.07) is 2.03.